The molecule has 1 saturated heterocycles. The van der Waals surface area contributed by atoms with Crippen LogP contribution in [0.4, 0.5) is 17.2 Å². The van der Waals surface area contributed by atoms with Crippen molar-refractivity contribution in [2.45, 2.75) is 32.8 Å². The predicted octanol–water partition coefficient (Wildman–Crippen LogP) is 3.03. The van der Waals surface area contributed by atoms with Gasteiger partial charge in [-0.05, 0) is 32.0 Å². The summed E-state index contributed by atoms with van der Waals surface area (Å²) in [6, 6.07) is 9.12. The molecule has 0 aliphatic carbocycles. The molecule has 2 aliphatic rings. The van der Waals surface area contributed by atoms with Crippen LogP contribution in [0.2, 0.25) is 0 Å². The number of aromatic nitrogens is 3. The maximum Gasteiger partial charge on any atom is 0.276 e. The zero-order valence-electron chi connectivity index (χ0n) is 20.0. The number of hydrogen-bond donors (Lipinski definition) is 2. The topological polar surface area (TPSA) is 111 Å². The van der Waals surface area contributed by atoms with Crippen molar-refractivity contribution in [3.63, 3.8) is 0 Å². The van der Waals surface area contributed by atoms with Gasteiger partial charge in [0.2, 0.25) is 5.91 Å². The molecule has 10 heteroatoms. The molecule has 1 aromatic carbocycles. The molecule has 1 fully saturated rings. The van der Waals surface area contributed by atoms with Gasteiger partial charge in [-0.2, -0.15) is 5.10 Å². The summed E-state index contributed by atoms with van der Waals surface area (Å²) < 4.78 is 13.2. The number of nitrogens with one attached hydrogen (secondary N) is 2. The Bertz CT molecular complexity index is 1280. The van der Waals surface area contributed by atoms with E-state index in [2.05, 4.69) is 39.5 Å². The molecule has 5 rings (SSSR count). The maximum absolute atomic E-state index is 13.2. The van der Waals surface area contributed by atoms with Gasteiger partial charge in [0.05, 0.1) is 30.3 Å². The summed E-state index contributed by atoms with van der Waals surface area (Å²) in [6.45, 7) is 8.27. The molecule has 182 valence electrons. The van der Waals surface area contributed by atoms with Crippen LogP contribution in [0.25, 0.3) is 5.69 Å². The van der Waals surface area contributed by atoms with E-state index in [0.29, 0.717) is 24.7 Å². The normalized spacial score (nSPS) is 16.4. The van der Waals surface area contributed by atoms with Crippen LogP contribution in [-0.2, 0) is 16.0 Å². The Morgan fingerprint density at radius 2 is 1.89 bits per heavy atom. The number of ether oxygens (including phenoxy) is 2. The highest BCUT2D eigenvalue weighted by molar-refractivity contribution is 6.05. The number of pyridine rings is 1. The number of morpholine rings is 1. The van der Waals surface area contributed by atoms with Gasteiger partial charge in [-0.1, -0.05) is 0 Å². The van der Waals surface area contributed by atoms with Gasteiger partial charge in [-0.25, -0.2) is 9.67 Å². The van der Waals surface area contributed by atoms with Crippen molar-refractivity contribution in [3.8, 4) is 11.4 Å². The fourth-order valence-corrected chi connectivity index (χ4v) is 4.39. The lowest BCUT2D eigenvalue weighted by Gasteiger charge is -2.31. The highest BCUT2D eigenvalue weighted by Crippen LogP contribution is 2.42. The van der Waals surface area contributed by atoms with E-state index in [-0.39, 0.29) is 23.1 Å². The lowest BCUT2D eigenvalue weighted by atomic mass is 10.0. The first-order valence-electron chi connectivity index (χ1n) is 11.6. The number of amides is 2. The Balaban J connectivity index is 1.40. The molecule has 0 saturated carbocycles. The Hall–Kier alpha value is -3.92. The van der Waals surface area contributed by atoms with Crippen LogP contribution in [0.15, 0.2) is 42.7 Å². The first kappa shape index (κ1) is 22.9. The number of carbonyl (C=O) groups is 2. The lowest BCUT2D eigenvalue weighted by Crippen LogP contribution is -2.36. The molecule has 2 aromatic heterocycles. The van der Waals surface area contributed by atoms with Crippen molar-refractivity contribution < 1.29 is 19.1 Å². The highest BCUT2D eigenvalue weighted by atomic mass is 16.5. The third kappa shape index (κ3) is 4.97. The smallest absolute Gasteiger partial charge is 0.276 e. The number of anilines is 3. The van der Waals surface area contributed by atoms with Crippen LogP contribution < -0.4 is 20.3 Å². The lowest BCUT2D eigenvalue weighted by molar-refractivity contribution is -0.114. The number of nitrogens with zero attached hydrogens (tertiary/aromatic N) is 4. The summed E-state index contributed by atoms with van der Waals surface area (Å²) in [5, 5.41) is 10.1. The number of carbonyl (C=O) groups excluding carboxylic acids is 2. The highest BCUT2D eigenvalue weighted by Gasteiger charge is 2.32. The summed E-state index contributed by atoms with van der Waals surface area (Å²) in [7, 11) is 0. The van der Waals surface area contributed by atoms with Gasteiger partial charge in [-0.3, -0.25) is 9.59 Å². The molecule has 2 N–H and O–H groups in total. The van der Waals surface area contributed by atoms with Crippen LogP contribution in [0.1, 0.15) is 36.8 Å². The molecule has 0 radical (unpaired) electrons. The number of hydrogen-bond acceptors (Lipinski definition) is 7. The zero-order chi connectivity index (χ0) is 24.6. The molecule has 10 nitrogen and oxygen atoms in total. The Kier molecular flexibility index (Phi) is 5.89. The van der Waals surface area contributed by atoms with E-state index < -0.39 is 0 Å². The van der Waals surface area contributed by atoms with E-state index in [1.807, 2.05) is 12.1 Å². The molecule has 2 amide bonds. The van der Waals surface area contributed by atoms with Crippen LogP contribution >= 0.6 is 0 Å². The molecule has 0 spiro atoms. The van der Waals surface area contributed by atoms with Gasteiger partial charge < -0.3 is 25.0 Å². The van der Waals surface area contributed by atoms with Crippen molar-refractivity contribution in [3.05, 3.63) is 54.0 Å². The number of fused-ring (bicyclic) bond motifs is 1. The van der Waals surface area contributed by atoms with Gasteiger partial charge in [0, 0.05) is 56.5 Å². The van der Waals surface area contributed by atoms with E-state index in [0.717, 1.165) is 42.2 Å². The molecular weight excluding hydrogens is 448 g/mol. The van der Waals surface area contributed by atoms with Crippen molar-refractivity contribution in [1.29, 1.82) is 0 Å². The van der Waals surface area contributed by atoms with E-state index in [1.165, 1.54) is 6.92 Å². The summed E-state index contributed by atoms with van der Waals surface area (Å²) in [6.07, 6.45) is 4.04. The van der Waals surface area contributed by atoms with Crippen LogP contribution in [0.5, 0.6) is 5.75 Å². The van der Waals surface area contributed by atoms with Crippen LogP contribution in [0.3, 0.4) is 0 Å². The second-order valence-electron chi connectivity index (χ2n) is 9.30. The van der Waals surface area contributed by atoms with Gasteiger partial charge in [0.1, 0.15) is 17.2 Å². The fourth-order valence-electron chi connectivity index (χ4n) is 4.39. The monoisotopic (exact) mass is 476 g/mol. The number of benzene rings is 1. The fraction of sp³-hybridized carbons (Fsp3) is 0.360. The second-order valence-corrected chi connectivity index (χ2v) is 9.30. The summed E-state index contributed by atoms with van der Waals surface area (Å²) >= 11 is 0. The van der Waals surface area contributed by atoms with E-state index >= 15 is 0 Å². The van der Waals surface area contributed by atoms with E-state index in [9.17, 15) is 9.59 Å². The first-order valence-corrected chi connectivity index (χ1v) is 11.6. The minimum absolute atomic E-state index is 0.214. The molecule has 0 bridgehead atoms. The van der Waals surface area contributed by atoms with E-state index in [1.54, 1.807) is 35.3 Å². The quantitative estimate of drug-likeness (QED) is 0.582. The third-order valence-corrected chi connectivity index (χ3v) is 5.92. The average Bonchev–Trinajstić information content (AvgIpc) is 3.42. The molecule has 2 aliphatic heterocycles. The van der Waals surface area contributed by atoms with Gasteiger partial charge in [-0.15, -0.1) is 0 Å². The Morgan fingerprint density at radius 3 is 2.66 bits per heavy atom. The molecule has 4 heterocycles. The summed E-state index contributed by atoms with van der Waals surface area (Å²) in [4.78, 5) is 30.9. The molecule has 0 unspecified atom stereocenters. The maximum atomic E-state index is 13.2. The second kappa shape index (κ2) is 9.03. The SMILES string of the molecule is CC(=O)Nc1cc(-n2ccc(C(=O)Nc3cc4c(cc3N3CCOCC3)OC(C)(C)C4)n2)ccn1. The number of rotatable bonds is 5. The minimum atomic E-state index is -0.312. The Labute approximate surface area is 203 Å². The van der Waals surface area contributed by atoms with Gasteiger partial charge in [0.25, 0.3) is 5.91 Å². The van der Waals surface area contributed by atoms with Crippen LogP contribution in [0, 0.1) is 0 Å². The van der Waals surface area contributed by atoms with Crippen molar-refractivity contribution in [2.75, 3.05) is 41.8 Å². The van der Waals surface area contributed by atoms with Crippen molar-refractivity contribution >= 4 is 29.0 Å². The van der Waals surface area contributed by atoms with E-state index in [4.69, 9.17) is 9.47 Å². The zero-order valence-corrected chi connectivity index (χ0v) is 20.0. The predicted molar refractivity (Wildman–Crippen MR) is 132 cm³/mol. The standard InChI is InChI=1S/C25H28N6O4/c1-16(32)27-23-13-18(4-6-26-23)31-7-5-19(29-31)24(33)28-20-12-17-15-25(2,3)35-22(17)14-21(20)30-8-10-34-11-9-30/h4-7,12-14H,8-11,15H2,1-3H3,(H,28,33)(H,26,27,32). The van der Waals surface area contributed by atoms with Gasteiger partial charge >= 0.3 is 0 Å². The van der Waals surface area contributed by atoms with Gasteiger partial charge in [0.15, 0.2) is 5.69 Å². The van der Waals surface area contributed by atoms with Crippen molar-refractivity contribution in [2.24, 2.45) is 0 Å². The molecular formula is C25H28N6O4. The summed E-state index contributed by atoms with van der Waals surface area (Å²) in [5.74, 6) is 0.739. The first-order chi connectivity index (χ1) is 16.8. The average molecular weight is 477 g/mol. The largest absolute Gasteiger partial charge is 0.487 e. The molecule has 35 heavy (non-hydrogen) atoms. The van der Waals surface area contributed by atoms with Crippen LogP contribution in [-0.4, -0.2) is 58.5 Å². The minimum Gasteiger partial charge on any atom is -0.487 e. The Morgan fingerprint density at radius 1 is 1.09 bits per heavy atom. The molecule has 3 aromatic rings. The molecule has 0 atom stereocenters. The summed E-state index contributed by atoms with van der Waals surface area (Å²) in [5.41, 5.74) is 3.36. The van der Waals surface area contributed by atoms with Crippen molar-refractivity contribution in [1.82, 2.24) is 14.8 Å². The third-order valence-electron chi connectivity index (χ3n) is 5.92.